The Morgan fingerprint density at radius 3 is 2.86 bits per heavy atom. The van der Waals surface area contributed by atoms with Crippen molar-refractivity contribution in [3.8, 4) is 11.8 Å². The summed E-state index contributed by atoms with van der Waals surface area (Å²) in [6.45, 7) is 0. The Bertz CT molecular complexity index is 423. The summed E-state index contributed by atoms with van der Waals surface area (Å²) in [7, 11) is 0. The highest BCUT2D eigenvalue weighted by Crippen LogP contribution is 2.22. The van der Waals surface area contributed by atoms with Crippen molar-refractivity contribution in [1.82, 2.24) is 0 Å². The minimum absolute atomic E-state index is 0.00802. The molecule has 0 aliphatic rings. The first-order chi connectivity index (χ1) is 6.65. The number of nitrogens with zero attached hydrogens (tertiary/aromatic N) is 1. The van der Waals surface area contributed by atoms with Gasteiger partial charge in [-0.15, -0.1) is 0 Å². The fraction of sp³-hybridized carbons (Fsp3) is 0.111. The van der Waals surface area contributed by atoms with Crippen LogP contribution in [0.15, 0.2) is 22.7 Å². The summed E-state index contributed by atoms with van der Waals surface area (Å²) in [6, 6.07) is 4.76. The van der Waals surface area contributed by atoms with Gasteiger partial charge in [-0.1, -0.05) is 27.8 Å². The number of halogens is 1. The first-order valence-corrected chi connectivity index (χ1v) is 5.11. The van der Waals surface area contributed by atoms with Gasteiger partial charge in [-0.2, -0.15) is 12.6 Å². The predicted octanol–water partition coefficient (Wildman–Crippen LogP) is 2.64. The summed E-state index contributed by atoms with van der Waals surface area (Å²) in [4.78, 5) is 10.2. The molecule has 0 fully saturated rings. The molecule has 72 valence electrons. The minimum Gasteiger partial charge on any atom is -0.258 e. The lowest BCUT2D eigenvalue weighted by Gasteiger charge is -1.95. The number of nitro groups is 1. The van der Waals surface area contributed by atoms with Crippen LogP contribution in [0.4, 0.5) is 5.69 Å². The van der Waals surface area contributed by atoms with E-state index in [9.17, 15) is 10.1 Å². The molecule has 0 spiro atoms. The van der Waals surface area contributed by atoms with Crippen molar-refractivity contribution in [2.45, 2.75) is 0 Å². The Balaban J connectivity index is 3.22. The van der Waals surface area contributed by atoms with E-state index < -0.39 is 4.92 Å². The second-order valence-corrected chi connectivity index (χ2v) is 3.61. The molecule has 1 rings (SSSR count). The molecule has 5 heteroatoms. The molecule has 0 atom stereocenters. The molecule has 0 unspecified atom stereocenters. The van der Waals surface area contributed by atoms with E-state index in [1.165, 1.54) is 6.07 Å². The van der Waals surface area contributed by atoms with Gasteiger partial charge in [0.15, 0.2) is 0 Å². The summed E-state index contributed by atoms with van der Waals surface area (Å²) in [6.07, 6.45) is 0. The van der Waals surface area contributed by atoms with Gasteiger partial charge in [-0.25, -0.2) is 0 Å². The second-order valence-electron chi connectivity index (χ2n) is 2.38. The minimum atomic E-state index is -0.451. The third kappa shape index (κ3) is 2.76. The molecule has 0 aromatic heterocycles. The van der Waals surface area contributed by atoms with E-state index >= 15 is 0 Å². The van der Waals surface area contributed by atoms with Gasteiger partial charge in [0.25, 0.3) is 5.69 Å². The van der Waals surface area contributed by atoms with Gasteiger partial charge >= 0.3 is 0 Å². The summed E-state index contributed by atoms with van der Waals surface area (Å²) >= 11 is 7.07. The fourth-order valence-corrected chi connectivity index (χ4v) is 1.32. The van der Waals surface area contributed by atoms with Crippen LogP contribution >= 0.6 is 28.6 Å². The van der Waals surface area contributed by atoms with Gasteiger partial charge in [-0.05, 0) is 12.1 Å². The van der Waals surface area contributed by atoms with Gasteiger partial charge in [0.1, 0.15) is 5.56 Å². The quantitative estimate of drug-likeness (QED) is 0.369. The van der Waals surface area contributed by atoms with Gasteiger partial charge in [-0.3, -0.25) is 10.1 Å². The molecule has 0 heterocycles. The molecule has 3 nitrogen and oxygen atoms in total. The van der Waals surface area contributed by atoms with Crippen LogP contribution in [-0.2, 0) is 0 Å². The van der Waals surface area contributed by atoms with Crippen molar-refractivity contribution < 1.29 is 4.92 Å². The van der Waals surface area contributed by atoms with Crippen LogP contribution in [0.3, 0.4) is 0 Å². The van der Waals surface area contributed by atoms with Gasteiger partial charge in [0.05, 0.1) is 10.7 Å². The average molecular weight is 272 g/mol. The maximum atomic E-state index is 10.6. The second kappa shape index (κ2) is 5.03. The van der Waals surface area contributed by atoms with Gasteiger partial charge in [0, 0.05) is 10.5 Å². The molecule has 0 amide bonds. The Morgan fingerprint density at radius 2 is 2.29 bits per heavy atom. The first-order valence-electron chi connectivity index (χ1n) is 3.69. The van der Waals surface area contributed by atoms with Gasteiger partial charge in [0.2, 0.25) is 0 Å². The van der Waals surface area contributed by atoms with E-state index in [4.69, 9.17) is 0 Å². The lowest BCUT2D eigenvalue weighted by Crippen LogP contribution is -1.91. The van der Waals surface area contributed by atoms with Crippen LogP contribution in [0, 0.1) is 22.0 Å². The smallest absolute Gasteiger partial charge is 0.258 e. The third-order valence-corrected chi connectivity index (χ3v) is 2.11. The predicted molar refractivity (Wildman–Crippen MR) is 61.5 cm³/mol. The van der Waals surface area contributed by atoms with Crippen molar-refractivity contribution in [2.24, 2.45) is 0 Å². The zero-order valence-corrected chi connectivity index (χ0v) is 9.51. The van der Waals surface area contributed by atoms with E-state index in [-0.39, 0.29) is 5.69 Å². The summed E-state index contributed by atoms with van der Waals surface area (Å²) < 4.78 is 0.667. The van der Waals surface area contributed by atoms with E-state index in [2.05, 4.69) is 40.4 Å². The van der Waals surface area contributed by atoms with Crippen LogP contribution in [0.5, 0.6) is 0 Å². The number of thiol groups is 1. The van der Waals surface area contributed by atoms with E-state index in [0.29, 0.717) is 15.8 Å². The highest BCUT2D eigenvalue weighted by Gasteiger charge is 2.11. The number of hydrogen-bond acceptors (Lipinski definition) is 3. The van der Waals surface area contributed by atoms with Crippen LogP contribution in [-0.4, -0.2) is 10.7 Å². The number of hydrogen-bond donors (Lipinski definition) is 1. The molecule has 0 aliphatic carbocycles. The lowest BCUT2D eigenvalue weighted by molar-refractivity contribution is -0.385. The standard InChI is InChI=1S/C9H6BrNO2S/c10-8-4-3-7(2-1-5-14)9(6-8)11(12)13/h3-4,6,14H,5H2. The van der Waals surface area contributed by atoms with Crippen LogP contribution in [0.2, 0.25) is 0 Å². The lowest BCUT2D eigenvalue weighted by atomic mass is 10.2. The molecule has 0 bridgehead atoms. The normalized spacial score (nSPS) is 9.00. The maximum absolute atomic E-state index is 10.6. The zero-order valence-electron chi connectivity index (χ0n) is 7.03. The fourth-order valence-electron chi connectivity index (χ4n) is 0.896. The van der Waals surface area contributed by atoms with E-state index in [0.717, 1.165) is 0 Å². The van der Waals surface area contributed by atoms with E-state index in [1.54, 1.807) is 12.1 Å². The van der Waals surface area contributed by atoms with Crippen molar-refractivity contribution >= 4 is 34.2 Å². The molecular weight excluding hydrogens is 266 g/mol. The SMILES string of the molecule is O=[N+]([O-])c1cc(Br)ccc1C#CCS. The summed E-state index contributed by atoms with van der Waals surface area (Å²) in [5.74, 6) is 5.74. The largest absolute Gasteiger partial charge is 0.286 e. The highest BCUT2D eigenvalue weighted by atomic mass is 79.9. The number of benzene rings is 1. The van der Waals surface area contributed by atoms with Gasteiger partial charge < -0.3 is 0 Å². The Kier molecular flexibility index (Phi) is 3.98. The Morgan fingerprint density at radius 1 is 1.57 bits per heavy atom. The summed E-state index contributed by atoms with van der Waals surface area (Å²) in [5, 5.41) is 10.6. The summed E-state index contributed by atoms with van der Waals surface area (Å²) in [5.41, 5.74) is 0.418. The monoisotopic (exact) mass is 271 g/mol. The zero-order chi connectivity index (χ0) is 10.6. The molecule has 1 aromatic rings. The van der Waals surface area contributed by atoms with E-state index in [1.807, 2.05) is 0 Å². The molecule has 14 heavy (non-hydrogen) atoms. The van der Waals surface area contributed by atoms with Crippen LogP contribution in [0.25, 0.3) is 0 Å². The van der Waals surface area contributed by atoms with Crippen LogP contribution < -0.4 is 0 Å². The molecule has 0 aliphatic heterocycles. The molecule has 0 saturated heterocycles. The first kappa shape index (κ1) is 11.1. The Hall–Kier alpha value is -0.990. The third-order valence-electron chi connectivity index (χ3n) is 1.46. The van der Waals surface area contributed by atoms with Crippen molar-refractivity contribution in [1.29, 1.82) is 0 Å². The number of nitro benzene ring substituents is 1. The molecule has 0 N–H and O–H groups in total. The molecular formula is C9H6BrNO2S. The Labute approximate surface area is 95.2 Å². The molecule has 0 radical (unpaired) electrons. The van der Waals surface area contributed by atoms with Crippen molar-refractivity contribution in [3.63, 3.8) is 0 Å². The van der Waals surface area contributed by atoms with Crippen LogP contribution in [0.1, 0.15) is 5.56 Å². The molecule has 0 saturated carbocycles. The average Bonchev–Trinajstić information content (AvgIpc) is 2.15. The topological polar surface area (TPSA) is 43.1 Å². The van der Waals surface area contributed by atoms with Crippen molar-refractivity contribution in [2.75, 3.05) is 5.75 Å². The highest BCUT2D eigenvalue weighted by molar-refractivity contribution is 9.10. The number of rotatable bonds is 1. The maximum Gasteiger partial charge on any atom is 0.286 e. The van der Waals surface area contributed by atoms with Crippen molar-refractivity contribution in [3.05, 3.63) is 38.3 Å². The molecule has 1 aromatic carbocycles.